The summed E-state index contributed by atoms with van der Waals surface area (Å²) in [5.74, 6) is -0.101. The van der Waals surface area contributed by atoms with E-state index in [4.69, 9.17) is 0 Å². The highest BCUT2D eigenvalue weighted by molar-refractivity contribution is 5.93. The van der Waals surface area contributed by atoms with Crippen molar-refractivity contribution in [3.05, 3.63) is 24.3 Å². The zero-order chi connectivity index (χ0) is 16.7. The fraction of sp³-hybridized carbons (Fsp3) is 0.529. The van der Waals surface area contributed by atoms with Gasteiger partial charge in [-0.3, -0.25) is 4.79 Å². The van der Waals surface area contributed by atoms with Gasteiger partial charge in [0.05, 0.1) is 11.4 Å². The molecule has 23 heavy (non-hydrogen) atoms. The lowest BCUT2D eigenvalue weighted by Crippen LogP contribution is -2.36. The Morgan fingerprint density at radius 2 is 1.78 bits per heavy atom. The van der Waals surface area contributed by atoms with Gasteiger partial charge in [-0.15, -0.1) is 0 Å². The van der Waals surface area contributed by atoms with Gasteiger partial charge in [0.15, 0.2) is 0 Å². The molecule has 3 N–H and O–H groups in total. The average molecular weight is 318 g/mol. The number of hydrogen-bond donors (Lipinski definition) is 3. The van der Waals surface area contributed by atoms with Crippen LogP contribution in [0.25, 0.3) is 0 Å². The number of benzene rings is 1. The molecule has 1 fully saturated rings. The van der Waals surface area contributed by atoms with Crippen molar-refractivity contribution in [1.82, 2.24) is 10.6 Å². The van der Waals surface area contributed by atoms with Crippen LogP contribution in [0.4, 0.5) is 16.2 Å². The van der Waals surface area contributed by atoms with Crippen LogP contribution in [-0.4, -0.2) is 38.1 Å². The zero-order valence-corrected chi connectivity index (χ0v) is 13.9. The predicted octanol–water partition coefficient (Wildman–Crippen LogP) is 2.32. The summed E-state index contributed by atoms with van der Waals surface area (Å²) < 4.78 is 0. The summed E-state index contributed by atoms with van der Waals surface area (Å²) in [6.07, 6.45) is 4.95. The van der Waals surface area contributed by atoms with E-state index >= 15 is 0 Å². The van der Waals surface area contributed by atoms with Crippen molar-refractivity contribution >= 4 is 23.3 Å². The molecule has 0 bridgehead atoms. The number of anilines is 2. The number of hydrogen-bond acceptors (Lipinski definition) is 3. The van der Waals surface area contributed by atoms with Gasteiger partial charge in [0, 0.05) is 33.1 Å². The second-order valence-corrected chi connectivity index (χ2v) is 5.93. The van der Waals surface area contributed by atoms with Crippen molar-refractivity contribution < 1.29 is 9.59 Å². The van der Waals surface area contributed by atoms with Gasteiger partial charge >= 0.3 is 6.03 Å². The largest absolute Gasteiger partial charge is 0.370 e. The molecule has 0 atom stereocenters. The Morgan fingerprint density at radius 3 is 2.48 bits per heavy atom. The smallest absolute Gasteiger partial charge is 0.319 e. The molecular formula is C17H26N4O2. The molecule has 3 amide bonds. The summed E-state index contributed by atoms with van der Waals surface area (Å²) in [6, 6.07) is 8.13. The number of nitrogens with zero attached hydrogens (tertiary/aromatic N) is 1. The molecule has 2 rings (SSSR count). The Morgan fingerprint density at radius 1 is 1.13 bits per heavy atom. The number of para-hydroxylation sites is 2. The quantitative estimate of drug-likeness (QED) is 0.705. The Balaban J connectivity index is 1.91. The maximum atomic E-state index is 12.0. The molecule has 1 aromatic carbocycles. The van der Waals surface area contributed by atoms with Crippen molar-refractivity contribution in [2.75, 3.05) is 30.4 Å². The van der Waals surface area contributed by atoms with Crippen molar-refractivity contribution in [3.8, 4) is 0 Å². The SMILES string of the molecule is CC(=O)NCCNC(=O)Nc1ccccc1N(C)C1CCCC1. The fourth-order valence-electron chi connectivity index (χ4n) is 2.96. The number of carbonyl (C=O) groups is 2. The Labute approximate surface area is 137 Å². The van der Waals surface area contributed by atoms with E-state index in [0.717, 1.165) is 11.4 Å². The van der Waals surface area contributed by atoms with Crippen LogP contribution < -0.4 is 20.9 Å². The Bertz CT molecular complexity index is 541. The Kier molecular flexibility index (Phi) is 6.26. The number of amides is 3. The number of rotatable bonds is 6. The molecule has 6 heteroatoms. The van der Waals surface area contributed by atoms with Crippen LogP contribution in [0.15, 0.2) is 24.3 Å². The molecule has 1 aromatic rings. The fourth-order valence-corrected chi connectivity index (χ4v) is 2.96. The van der Waals surface area contributed by atoms with Crippen LogP contribution >= 0.6 is 0 Å². The maximum Gasteiger partial charge on any atom is 0.319 e. The highest BCUT2D eigenvalue weighted by Crippen LogP contribution is 2.31. The number of carbonyl (C=O) groups excluding carboxylic acids is 2. The summed E-state index contributed by atoms with van der Waals surface area (Å²) in [4.78, 5) is 25.0. The molecule has 6 nitrogen and oxygen atoms in total. The molecule has 1 aliphatic rings. The van der Waals surface area contributed by atoms with Gasteiger partial charge in [0.2, 0.25) is 5.91 Å². The van der Waals surface area contributed by atoms with Gasteiger partial charge in [-0.05, 0) is 25.0 Å². The minimum absolute atomic E-state index is 0.101. The highest BCUT2D eigenvalue weighted by Gasteiger charge is 2.21. The van der Waals surface area contributed by atoms with Crippen molar-refractivity contribution in [3.63, 3.8) is 0 Å². The van der Waals surface area contributed by atoms with E-state index in [9.17, 15) is 9.59 Å². The molecule has 126 valence electrons. The van der Waals surface area contributed by atoms with E-state index in [1.807, 2.05) is 24.3 Å². The van der Waals surface area contributed by atoms with Gasteiger partial charge in [-0.1, -0.05) is 25.0 Å². The third kappa shape index (κ3) is 5.16. The molecule has 0 saturated heterocycles. The highest BCUT2D eigenvalue weighted by atomic mass is 16.2. The normalized spacial score (nSPS) is 14.3. The molecule has 0 spiro atoms. The lowest BCUT2D eigenvalue weighted by atomic mass is 10.1. The summed E-state index contributed by atoms with van der Waals surface area (Å²) in [6.45, 7) is 2.27. The monoisotopic (exact) mass is 318 g/mol. The number of nitrogens with one attached hydrogen (secondary N) is 3. The van der Waals surface area contributed by atoms with Gasteiger partial charge < -0.3 is 20.9 Å². The lowest BCUT2D eigenvalue weighted by Gasteiger charge is -2.28. The van der Waals surface area contributed by atoms with Crippen molar-refractivity contribution in [2.24, 2.45) is 0 Å². The topological polar surface area (TPSA) is 73.5 Å². The van der Waals surface area contributed by atoms with E-state index in [2.05, 4.69) is 27.9 Å². The van der Waals surface area contributed by atoms with Gasteiger partial charge in [0.25, 0.3) is 0 Å². The van der Waals surface area contributed by atoms with E-state index in [1.165, 1.54) is 32.6 Å². The van der Waals surface area contributed by atoms with E-state index < -0.39 is 0 Å². The van der Waals surface area contributed by atoms with Crippen LogP contribution in [0, 0.1) is 0 Å². The summed E-state index contributed by atoms with van der Waals surface area (Å²) >= 11 is 0. The first-order valence-electron chi connectivity index (χ1n) is 8.19. The molecule has 1 saturated carbocycles. The third-order valence-corrected chi connectivity index (χ3v) is 4.19. The van der Waals surface area contributed by atoms with Crippen LogP contribution in [-0.2, 0) is 4.79 Å². The summed E-state index contributed by atoms with van der Waals surface area (Å²) in [5, 5.41) is 8.28. The van der Waals surface area contributed by atoms with Crippen LogP contribution in [0.2, 0.25) is 0 Å². The second kappa shape index (κ2) is 8.41. The first-order valence-corrected chi connectivity index (χ1v) is 8.19. The van der Waals surface area contributed by atoms with Crippen LogP contribution in [0.1, 0.15) is 32.6 Å². The minimum atomic E-state index is -0.261. The van der Waals surface area contributed by atoms with Crippen LogP contribution in [0.5, 0.6) is 0 Å². The van der Waals surface area contributed by atoms with E-state index in [0.29, 0.717) is 19.1 Å². The second-order valence-electron chi connectivity index (χ2n) is 5.93. The molecule has 0 unspecified atom stereocenters. The van der Waals surface area contributed by atoms with Gasteiger partial charge in [0.1, 0.15) is 0 Å². The maximum absolute atomic E-state index is 12.0. The zero-order valence-electron chi connectivity index (χ0n) is 13.9. The van der Waals surface area contributed by atoms with Gasteiger partial charge in [-0.25, -0.2) is 4.79 Å². The molecular weight excluding hydrogens is 292 g/mol. The lowest BCUT2D eigenvalue weighted by molar-refractivity contribution is -0.118. The third-order valence-electron chi connectivity index (χ3n) is 4.19. The molecule has 1 aliphatic carbocycles. The minimum Gasteiger partial charge on any atom is -0.370 e. The van der Waals surface area contributed by atoms with Crippen molar-refractivity contribution in [2.45, 2.75) is 38.6 Å². The molecule has 0 radical (unpaired) electrons. The van der Waals surface area contributed by atoms with Gasteiger partial charge in [-0.2, -0.15) is 0 Å². The summed E-state index contributed by atoms with van der Waals surface area (Å²) in [5.41, 5.74) is 1.84. The molecule has 0 heterocycles. The van der Waals surface area contributed by atoms with Crippen molar-refractivity contribution in [1.29, 1.82) is 0 Å². The molecule has 0 aliphatic heterocycles. The molecule has 0 aromatic heterocycles. The summed E-state index contributed by atoms with van der Waals surface area (Å²) in [7, 11) is 2.09. The van der Waals surface area contributed by atoms with E-state index in [1.54, 1.807) is 0 Å². The van der Waals surface area contributed by atoms with E-state index in [-0.39, 0.29) is 11.9 Å². The first kappa shape index (κ1) is 17.1. The standard InChI is InChI=1S/C17H26N4O2/c1-13(22)18-11-12-19-17(23)20-15-9-5-6-10-16(15)21(2)14-7-3-4-8-14/h5-6,9-10,14H,3-4,7-8,11-12H2,1-2H3,(H,18,22)(H2,19,20,23). The average Bonchev–Trinajstić information content (AvgIpc) is 3.06. The first-order chi connectivity index (χ1) is 11.1. The number of urea groups is 1. The predicted molar refractivity (Wildman–Crippen MR) is 92.8 cm³/mol. The van der Waals surface area contributed by atoms with Crippen LogP contribution in [0.3, 0.4) is 0 Å². The Hall–Kier alpha value is -2.24.